The van der Waals surface area contributed by atoms with E-state index in [1.807, 2.05) is 48.7 Å². The molecule has 0 radical (unpaired) electrons. The second-order valence-electron chi connectivity index (χ2n) is 5.92. The van der Waals surface area contributed by atoms with Gasteiger partial charge < -0.3 is 19.9 Å². The third-order valence-electron chi connectivity index (χ3n) is 3.99. The van der Waals surface area contributed by atoms with Crippen LogP contribution in [0.3, 0.4) is 0 Å². The van der Waals surface area contributed by atoms with E-state index in [1.165, 1.54) is 0 Å². The molecule has 0 heterocycles. The van der Waals surface area contributed by atoms with E-state index in [1.54, 1.807) is 18.9 Å². The van der Waals surface area contributed by atoms with Crippen LogP contribution >= 0.6 is 27.7 Å². The van der Waals surface area contributed by atoms with Crippen LogP contribution in [0.2, 0.25) is 0 Å². The van der Waals surface area contributed by atoms with Crippen molar-refractivity contribution < 1.29 is 19.4 Å². The summed E-state index contributed by atoms with van der Waals surface area (Å²) in [5.74, 6) is 1.15. The first kappa shape index (κ1) is 21.6. The zero-order valence-corrected chi connectivity index (χ0v) is 17.8. The van der Waals surface area contributed by atoms with E-state index in [-0.39, 0.29) is 0 Å². The average molecular weight is 454 g/mol. The highest BCUT2D eigenvalue weighted by molar-refractivity contribution is 9.10. The molecule has 2 rings (SSSR count). The summed E-state index contributed by atoms with van der Waals surface area (Å²) in [6.45, 7) is 0.770. The molecule has 0 aromatic heterocycles. The summed E-state index contributed by atoms with van der Waals surface area (Å²) in [5, 5.41) is 12.5. The van der Waals surface area contributed by atoms with E-state index >= 15 is 0 Å². The molecule has 0 saturated heterocycles. The summed E-state index contributed by atoms with van der Waals surface area (Å²) in [7, 11) is 1.59. The van der Waals surface area contributed by atoms with Crippen LogP contribution in [0, 0.1) is 0 Å². The van der Waals surface area contributed by atoms with E-state index in [9.17, 15) is 9.90 Å². The fourth-order valence-corrected chi connectivity index (χ4v) is 3.54. The zero-order valence-electron chi connectivity index (χ0n) is 15.4. The second-order valence-corrected chi connectivity index (χ2v) is 7.83. The summed E-state index contributed by atoms with van der Waals surface area (Å²) in [4.78, 5) is 11.5. The molecule has 0 aliphatic carbocycles. The van der Waals surface area contributed by atoms with Gasteiger partial charge in [0.05, 0.1) is 7.11 Å². The lowest BCUT2D eigenvalue weighted by Gasteiger charge is -2.19. The Labute approximate surface area is 172 Å². The predicted octanol–water partition coefficient (Wildman–Crippen LogP) is 4.33. The van der Waals surface area contributed by atoms with Gasteiger partial charge in [0.1, 0.15) is 12.6 Å². The van der Waals surface area contributed by atoms with Gasteiger partial charge in [0.25, 0.3) is 0 Å². The molecule has 0 saturated carbocycles. The van der Waals surface area contributed by atoms with Crippen molar-refractivity contribution in [1.29, 1.82) is 0 Å². The molecule has 5 nitrogen and oxygen atoms in total. The molecule has 146 valence electrons. The van der Waals surface area contributed by atoms with Crippen molar-refractivity contribution in [2.24, 2.45) is 0 Å². The number of hydrogen-bond acceptors (Lipinski definition) is 5. The van der Waals surface area contributed by atoms with E-state index in [0.717, 1.165) is 21.4 Å². The van der Waals surface area contributed by atoms with E-state index in [0.29, 0.717) is 31.1 Å². The first-order chi connectivity index (χ1) is 13.0. The van der Waals surface area contributed by atoms with Crippen molar-refractivity contribution in [2.75, 3.05) is 19.1 Å². The number of carbonyl (C=O) groups is 1. The maximum Gasteiger partial charge on any atom is 0.320 e. The van der Waals surface area contributed by atoms with Crippen LogP contribution in [0.15, 0.2) is 46.9 Å². The van der Waals surface area contributed by atoms with Crippen molar-refractivity contribution >= 4 is 33.7 Å². The number of benzene rings is 2. The Kier molecular flexibility index (Phi) is 8.97. The number of aliphatic carboxylic acids is 1. The Morgan fingerprint density at radius 1 is 1.30 bits per heavy atom. The Balaban J connectivity index is 2.18. The lowest BCUT2D eigenvalue weighted by molar-refractivity contribution is -0.139. The first-order valence-corrected chi connectivity index (χ1v) is 10.7. The molecule has 0 aliphatic rings. The van der Waals surface area contributed by atoms with Crippen LogP contribution in [0.1, 0.15) is 17.5 Å². The van der Waals surface area contributed by atoms with Crippen molar-refractivity contribution in [1.82, 2.24) is 5.32 Å². The van der Waals surface area contributed by atoms with Gasteiger partial charge in [-0.2, -0.15) is 11.8 Å². The summed E-state index contributed by atoms with van der Waals surface area (Å²) in [6, 6.07) is 13.0. The van der Waals surface area contributed by atoms with Gasteiger partial charge in [0.2, 0.25) is 0 Å². The van der Waals surface area contributed by atoms with Crippen LogP contribution in [-0.4, -0.2) is 36.2 Å². The smallest absolute Gasteiger partial charge is 0.320 e. The highest BCUT2D eigenvalue weighted by Gasteiger charge is 2.19. The molecular formula is C20H24BrNO4S. The lowest BCUT2D eigenvalue weighted by Crippen LogP contribution is -2.36. The van der Waals surface area contributed by atoms with E-state index in [4.69, 9.17) is 9.47 Å². The lowest BCUT2D eigenvalue weighted by atomic mass is 10.1. The molecule has 2 N–H and O–H groups in total. The largest absolute Gasteiger partial charge is 0.493 e. The number of nitrogens with one attached hydrogen (secondary N) is 1. The van der Waals surface area contributed by atoms with Crippen LogP contribution in [0.5, 0.6) is 11.5 Å². The Morgan fingerprint density at radius 2 is 2.04 bits per heavy atom. The second kappa shape index (κ2) is 11.2. The summed E-state index contributed by atoms with van der Waals surface area (Å²) in [6.07, 6.45) is 2.52. The topological polar surface area (TPSA) is 67.8 Å². The molecule has 0 fully saturated rings. The van der Waals surface area contributed by atoms with Crippen molar-refractivity contribution in [3.8, 4) is 11.5 Å². The van der Waals surface area contributed by atoms with Crippen LogP contribution in [-0.2, 0) is 17.9 Å². The molecule has 2 aromatic carbocycles. The fourth-order valence-electron chi connectivity index (χ4n) is 2.58. The summed E-state index contributed by atoms with van der Waals surface area (Å²) < 4.78 is 12.4. The molecule has 7 heteroatoms. The minimum Gasteiger partial charge on any atom is -0.493 e. The third-order valence-corrected chi connectivity index (χ3v) is 5.09. The molecule has 2 aromatic rings. The van der Waals surface area contributed by atoms with E-state index in [2.05, 4.69) is 21.2 Å². The fraction of sp³-hybridized carbons (Fsp3) is 0.350. The highest BCUT2D eigenvalue weighted by Crippen LogP contribution is 2.35. The minimum atomic E-state index is -0.849. The molecule has 0 aliphatic heterocycles. The Bertz CT molecular complexity index is 742. The van der Waals surface area contributed by atoms with Gasteiger partial charge in [-0.3, -0.25) is 4.79 Å². The number of carboxylic acids is 1. The van der Waals surface area contributed by atoms with Crippen molar-refractivity contribution in [3.63, 3.8) is 0 Å². The predicted molar refractivity (Wildman–Crippen MR) is 113 cm³/mol. The van der Waals surface area contributed by atoms with Crippen molar-refractivity contribution in [2.45, 2.75) is 25.6 Å². The molecule has 27 heavy (non-hydrogen) atoms. The van der Waals surface area contributed by atoms with E-state index < -0.39 is 12.0 Å². The number of ether oxygens (including phenoxy) is 2. The monoisotopic (exact) mass is 453 g/mol. The molecule has 1 atom stereocenters. The molecular weight excluding hydrogens is 430 g/mol. The number of thioether (sulfide) groups is 1. The maximum absolute atomic E-state index is 11.5. The molecule has 0 spiro atoms. The quantitative estimate of drug-likeness (QED) is 0.527. The maximum atomic E-state index is 11.5. The van der Waals surface area contributed by atoms with Crippen LogP contribution in [0.4, 0.5) is 0 Å². The highest BCUT2D eigenvalue weighted by atomic mass is 79.9. The average Bonchev–Trinajstić information content (AvgIpc) is 2.67. The molecule has 1 unspecified atom stereocenters. The van der Waals surface area contributed by atoms with Gasteiger partial charge in [0, 0.05) is 16.6 Å². The zero-order chi connectivity index (χ0) is 19.6. The Morgan fingerprint density at radius 3 is 2.67 bits per heavy atom. The minimum absolute atomic E-state index is 0.366. The van der Waals surface area contributed by atoms with Gasteiger partial charge in [-0.25, -0.2) is 0 Å². The van der Waals surface area contributed by atoms with Gasteiger partial charge in [-0.05, 0) is 36.1 Å². The van der Waals surface area contributed by atoms with Gasteiger partial charge >= 0.3 is 5.97 Å². The molecule has 0 amide bonds. The third kappa shape index (κ3) is 6.75. The number of hydrogen-bond donors (Lipinski definition) is 2. The van der Waals surface area contributed by atoms with Crippen LogP contribution in [0.25, 0.3) is 0 Å². The molecule has 0 bridgehead atoms. The van der Waals surface area contributed by atoms with Gasteiger partial charge in [-0.1, -0.05) is 46.3 Å². The number of halogens is 1. The summed E-state index contributed by atoms with van der Waals surface area (Å²) >= 11 is 5.11. The number of methoxy groups -OCH3 is 1. The summed E-state index contributed by atoms with van der Waals surface area (Å²) in [5.41, 5.74) is 1.89. The standard InChI is InChI=1S/C20H24BrNO4S/c1-25-18-11-16(21)10-15(12-22-17(20(23)24)8-9-27-2)19(18)26-13-14-6-4-3-5-7-14/h3-7,10-11,17,22H,8-9,12-13H2,1-2H3,(H,23,24). The SMILES string of the molecule is COc1cc(Br)cc(CNC(CCSC)C(=O)O)c1OCc1ccccc1. The van der Waals surface area contributed by atoms with Gasteiger partial charge in [-0.15, -0.1) is 0 Å². The normalized spacial score (nSPS) is 11.8. The Hall–Kier alpha value is -1.70. The van der Waals surface area contributed by atoms with Crippen LogP contribution < -0.4 is 14.8 Å². The first-order valence-electron chi connectivity index (χ1n) is 8.53. The number of carboxylic acid groups (broad SMARTS) is 1. The van der Waals surface area contributed by atoms with Gasteiger partial charge in [0.15, 0.2) is 11.5 Å². The number of rotatable bonds is 11. The van der Waals surface area contributed by atoms with Crippen molar-refractivity contribution in [3.05, 3.63) is 58.1 Å².